The van der Waals surface area contributed by atoms with Crippen LogP contribution in [0.15, 0.2) is 0 Å². The largest absolute Gasteiger partial charge is 0.305 e. The summed E-state index contributed by atoms with van der Waals surface area (Å²) in [6.45, 7) is 0.233. The molecule has 16 heavy (non-hydrogen) atoms. The van der Waals surface area contributed by atoms with E-state index in [1.54, 1.807) is 0 Å². The Morgan fingerprint density at radius 1 is 1.44 bits per heavy atom. The minimum absolute atomic E-state index is 0.00552. The number of nitrogens with zero attached hydrogens (tertiary/aromatic N) is 1. The first-order valence-electron chi connectivity index (χ1n) is 5.03. The molecule has 2 amide bonds. The van der Waals surface area contributed by atoms with Crippen molar-refractivity contribution >= 4 is 21.7 Å². The molecule has 0 radical (unpaired) electrons. The van der Waals surface area contributed by atoms with E-state index in [1.165, 1.54) is 7.05 Å². The molecule has 1 fully saturated rings. The second kappa shape index (κ2) is 4.92. The van der Waals surface area contributed by atoms with Gasteiger partial charge < -0.3 is 5.32 Å². The number of likely N-dealkylation sites (tertiary alicyclic amines) is 1. The zero-order chi connectivity index (χ0) is 12.3. The standard InChI is InChI=1S/C9H16N2O4S/c1-11-8(12)4-3-7(9(11)13)10-5-6-16(2,14)15/h7,10H,3-6H2,1-2H3. The second-order valence-corrected chi connectivity index (χ2v) is 6.23. The van der Waals surface area contributed by atoms with Crippen LogP contribution in [0.1, 0.15) is 12.8 Å². The molecule has 1 unspecified atom stereocenters. The highest BCUT2D eigenvalue weighted by atomic mass is 32.2. The topological polar surface area (TPSA) is 83.6 Å². The van der Waals surface area contributed by atoms with Crippen LogP contribution in [0.4, 0.5) is 0 Å². The molecule has 0 aromatic carbocycles. The molecular weight excluding hydrogens is 232 g/mol. The molecule has 0 spiro atoms. The Morgan fingerprint density at radius 2 is 2.06 bits per heavy atom. The first-order valence-corrected chi connectivity index (χ1v) is 7.09. The molecule has 1 aliphatic heterocycles. The number of piperidine rings is 1. The van der Waals surface area contributed by atoms with Gasteiger partial charge in [0, 0.05) is 26.3 Å². The van der Waals surface area contributed by atoms with Gasteiger partial charge in [0.05, 0.1) is 11.8 Å². The predicted molar refractivity (Wildman–Crippen MR) is 58.5 cm³/mol. The lowest BCUT2D eigenvalue weighted by Gasteiger charge is -2.28. The van der Waals surface area contributed by atoms with E-state index >= 15 is 0 Å². The lowest BCUT2D eigenvalue weighted by Crippen LogP contribution is -2.52. The molecule has 0 aromatic heterocycles. The van der Waals surface area contributed by atoms with Gasteiger partial charge in [-0.2, -0.15) is 0 Å². The molecule has 7 heteroatoms. The third-order valence-electron chi connectivity index (χ3n) is 2.51. The van der Waals surface area contributed by atoms with Crippen LogP contribution in [0, 0.1) is 0 Å². The molecule has 92 valence electrons. The second-order valence-electron chi connectivity index (χ2n) is 3.97. The van der Waals surface area contributed by atoms with E-state index in [0.29, 0.717) is 12.8 Å². The molecule has 1 heterocycles. The van der Waals surface area contributed by atoms with Crippen LogP contribution in [0.2, 0.25) is 0 Å². The number of hydrogen-bond donors (Lipinski definition) is 1. The Labute approximate surface area is 94.9 Å². The molecule has 1 atom stereocenters. The smallest absolute Gasteiger partial charge is 0.246 e. The molecule has 1 saturated heterocycles. The first-order chi connectivity index (χ1) is 7.31. The van der Waals surface area contributed by atoms with Gasteiger partial charge in [0.15, 0.2) is 0 Å². The number of carbonyl (C=O) groups is 2. The van der Waals surface area contributed by atoms with Crippen molar-refractivity contribution in [3.8, 4) is 0 Å². The van der Waals surface area contributed by atoms with Crippen LogP contribution in [0.25, 0.3) is 0 Å². The minimum atomic E-state index is -3.02. The number of imide groups is 1. The summed E-state index contributed by atoms with van der Waals surface area (Å²) in [5.74, 6) is -0.482. The Morgan fingerprint density at radius 3 is 2.62 bits per heavy atom. The van der Waals surface area contributed by atoms with Crippen molar-refractivity contribution < 1.29 is 18.0 Å². The molecule has 1 aliphatic rings. The predicted octanol–water partition coefficient (Wildman–Crippen LogP) is -1.23. The summed E-state index contributed by atoms with van der Waals surface area (Å²) in [6, 6.07) is -0.440. The van der Waals surface area contributed by atoms with Gasteiger partial charge in [-0.15, -0.1) is 0 Å². The Kier molecular flexibility index (Phi) is 4.03. The van der Waals surface area contributed by atoms with Crippen LogP contribution < -0.4 is 5.32 Å². The Balaban J connectivity index is 2.44. The molecule has 0 saturated carbocycles. The van der Waals surface area contributed by atoms with Crippen LogP contribution >= 0.6 is 0 Å². The van der Waals surface area contributed by atoms with Gasteiger partial charge in [0.25, 0.3) is 0 Å². The average molecular weight is 248 g/mol. The van der Waals surface area contributed by atoms with Gasteiger partial charge in [-0.3, -0.25) is 14.5 Å². The fourth-order valence-electron chi connectivity index (χ4n) is 1.52. The van der Waals surface area contributed by atoms with Crippen LogP contribution in [0.5, 0.6) is 0 Å². The van der Waals surface area contributed by atoms with E-state index in [9.17, 15) is 18.0 Å². The fraction of sp³-hybridized carbons (Fsp3) is 0.778. The van der Waals surface area contributed by atoms with Crippen molar-refractivity contribution in [1.29, 1.82) is 0 Å². The molecule has 6 nitrogen and oxygen atoms in total. The van der Waals surface area contributed by atoms with Crippen LogP contribution in [0.3, 0.4) is 0 Å². The Hall–Kier alpha value is -0.950. The van der Waals surface area contributed by atoms with E-state index in [0.717, 1.165) is 11.2 Å². The van der Waals surface area contributed by atoms with Crippen molar-refractivity contribution in [2.75, 3.05) is 25.6 Å². The lowest BCUT2D eigenvalue weighted by atomic mass is 10.1. The number of nitrogens with one attached hydrogen (secondary N) is 1. The summed E-state index contributed by atoms with van der Waals surface area (Å²) in [5.41, 5.74) is 0. The summed E-state index contributed by atoms with van der Waals surface area (Å²) in [7, 11) is -1.58. The minimum Gasteiger partial charge on any atom is -0.305 e. The van der Waals surface area contributed by atoms with E-state index < -0.39 is 15.9 Å². The average Bonchev–Trinajstić information content (AvgIpc) is 2.16. The van der Waals surface area contributed by atoms with Gasteiger partial charge in [-0.1, -0.05) is 0 Å². The zero-order valence-corrected chi connectivity index (χ0v) is 10.2. The molecule has 0 bridgehead atoms. The van der Waals surface area contributed by atoms with E-state index in [-0.39, 0.29) is 24.1 Å². The molecule has 1 rings (SSSR count). The molecule has 0 aliphatic carbocycles. The van der Waals surface area contributed by atoms with Crippen LogP contribution in [-0.2, 0) is 19.4 Å². The number of rotatable bonds is 4. The van der Waals surface area contributed by atoms with Gasteiger partial charge in [0.2, 0.25) is 11.8 Å². The third kappa shape index (κ3) is 3.57. The van der Waals surface area contributed by atoms with E-state index in [4.69, 9.17) is 0 Å². The highest BCUT2D eigenvalue weighted by Crippen LogP contribution is 2.10. The van der Waals surface area contributed by atoms with Crippen molar-refractivity contribution in [3.05, 3.63) is 0 Å². The summed E-state index contributed by atoms with van der Waals surface area (Å²) in [6.07, 6.45) is 1.90. The van der Waals surface area contributed by atoms with Crippen molar-refractivity contribution in [1.82, 2.24) is 10.2 Å². The lowest BCUT2D eigenvalue weighted by molar-refractivity contribution is -0.148. The van der Waals surface area contributed by atoms with Gasteiger partial charge in [0.1, 0.15) is 9.84 Å². The van der Waals surface area contributed by atoms with Gasteiger partial charge >= 0.3 is 0 Å². The SMILES string of the molecule is CN1C(=O)CCC(NCCS(C)(=O)=O)C1=O. The number of likely N-dealkylation sites (N-methyl/N-ethyl adjacent to an activating group) is 1. The number of sulfone groups is 1. The maximum absolute atomic E-state index is 11.6. The summed E-state index contributed by atoms with van der Waals surface area (Å²) < 4.78 is 21.8. The highest BCUT2D eigenvalue weighted by molar-refractivity contribution is 7.90. The number of amides is 2. The number of carbonyl (C=O) groups excluding carboxylic acids is 2. The zero-order valence-electron chi connectivity index (χ0n) is 9.39. The monoisotopic (exact) mass is 248 g/mol. The number of hydrogen-bond acceptors (Lipinski definition) is 5. The first kappa shape index (κ1) is 13.1. The van der Waals surface area contributed by atoms with E-state index in [1.807, 2.05) is 0 Å². The highest BCUT2D eigenvalue weighted by Gasteiger charge is 2.31. The fourth-order valence-corrected chi connectivity index (χ4v) is 2.01. The summed E-state index contributed by atoms with van der Waals surface area (Å²) in [4.78, 5) is 23.8. The van der Waals surface area contributed by atoms with Crippen LogP contribution in [-0.4, -0.2) is 56.8 Å². The summed E-state index contributed by atoms with van der Waals surface area (Å²) >= 11 is 0. The van der Waals surface area contributed by atoms with E-state index in [2.05, 4.69) is 5.32 Å². The molecule has 0 aromatic rings. The normalized spacial score (nSPS) is 22.6. The molecule has 1 N–H and O–H groups in total. The van der Waals surface area contributed by atoms with Gasteiger partial charge in [-0.25, -0.2) is 8.42 Å². The maximum Gasteiger partial charge on any atom is 0.246 e. The third-order valence-corrected chi connectivity index (χ3v) is 3.46. The van der Waals surface area contributed by atoms with Crippen molar-refractivity contribution in [3.63, 3.8) is 0 Å². The summed E-state index contributed by atoms with van der Waals surface area (Å²) in [5, 5.41) is 2.86. The Bertz CT molecular complexity index is 390. The maximum atomic E-state index is 11.6. The van der Waals surface area contributed by atoms with Crippen molar-refractivity contribution in [2.24, 2.45) is 0 Å². The van der Waals surface area contributed by atoms with Gasteiger partial charge in [-0.05, 0) is 6.42 Å². The quantitative estimate of drug-likeness (QED) is 0.630. The van der Waals surface area contributed by atoms with Crippen molar-refractivity contribution in [2.45, 2.75) is 18.9 Å². The molecular formula is C9H16N2O4S.